The van der Waals surface area contributed by atoms with Gasteiger partial charge in [-0.05, 0) is 36.2 Å². The van der Waals surface area contributed by atoms with E-state index in [0.29, 0.717) is 12.2 Å². The molecule has 0 unspecified atom stereocenters. The zero-order valence-corrected chi connectivity index (χ0v) is 13.2. The molecule has 1 fully saturated rings. The fourth-order valence-electron chi connectivity index (χ4n) is 3.11. The van der Waals surface area contributed by atoms with Gasteiger partial charge >= 0.3 is 0 Å². The van der Waals surface area contributed by atoms with Crippen LogP contribution < -0.4 is 10.6 Å². The Bertz CT molecular complexity index is 869. The summed E-state index contributed by atoms with van der Waals surface area (Å²) in [6.07, 6.45) is 7.15. The number of nitrogen functional groups attached to an aromatic ring is 1. The molecule has 1 aliphatic heterocycles. The number of benzene rings is 1. The Balaban J connectivity index is 1.68. The third-order valence-electron chi connectivity index (χ3n) is 4.41. The summed E-state index contributed by atoms with van der Waals surface area (Å²) in [6.45, 7) is 0.796. The quantitative estimate of drug-likeness (QED) is 0.776. The summed E-state index contributed by atoms with van der Waals surface area (Å²) in [5, 5.41) is 0. The molecule has 4 rings (SSSR count). The number of hydrogen-bond acceptors (Lipinski definition) is 3. The van der Waals surface area contributed by atoms with Crippen LogP contribution in [-0.4, -0.2) is 22.4 Å². The zero-order valence-electron chi connectivity index (χ0n) is 13.2. The lowest BCUT2D eigenvalue weighted by molar-refractivity contribution is -0.117. The number of carbonyl (C=O) groups excluding carboxylic acids is 1. The largest absolute Gasteiger partial charge is 0.383 e. The van der Waals surface area contributed by atoms with Crippen LogP contribution in [0.5, 0.6) is 0 Å². The number of hydrogen-bond donors (Lipinski definition) is 2. The number of carbonyl (C=O) groups is 1. The highest BCUT2D eigenvalue weighted by atomic mass is 16.2. The number of nitrogens with two attached hydrogens (primary N) is 1. The van der Waals surface area contributed by atoms with Crippen LogP contribution in [0.15, 0.2) is 55.0 Å². The van der Waals surface area contributed by atoms with Crippen molar-refractivity contribution in [2.75, 3.05) is 17.2 Å². The van der Waals surface area contributed by atoms with Gasteiger partial charge in [0.05, 0.1) is 0 Å². The van der Waals surface area contributed by atoms with Crippen molar-refractivity contribution < 1.29 is 4.79 Å². The molecule has 1 saturated heterocycles. The van der Waals surface area contributed by atoms with Gasteiger partial charge in [-0.2, -0.15) is 0 Å². The first kappa shape index (κ1) is 14.5. The Hall–Kier alpha value is -3.08. The second kappa shape index (κ2) is 5.85. The molecule has 1 aliphatic rings. The van der Waals surface area contributed by atoms with Crippen molar-refractivity contribution in [3.05, 3.63) is 55.0 Å². The van der Waals surface area contributed by atoms with Crippen molar-refractivity contribution in [1.82, 2.24) is 9.97 Å². The van der Waals surface area contributed by atoms with E-state index in [2.05, 4.69) is 9.97 Å². The van der Waals surface area contributed by atoms with Crippen LogP contribution in [0.2, 0.25) is 0 Å². The number of amides is 1. The van der Waals surface area contributed by atoms with Gasteiger partial charge in [-0.25, -0.2) is 4.98 Å². The van der Waals surface area contributed by atoms with E-state index in [-0.39, 0.29) is 5.91 Å². The molecule has 0 radical (unpaired) electrons. The fourth-order valence-corrected chi connectivity index (χ4v) is 3.11. The lowest BCUT2D eigenvalue weighted by atomic mass is 10.0. The molecule has 0 atom stereocenters. The van der Waals surface area contributed by atoms with E-state index in [1.165, 1.54) is 0 Å². The fraction of sp³-hybridized carbons (Fsp3) is 0.158. The molecule has 3 heterocycles. The van der Waals surface area contributed by atoms with Crippen LogP contribution in [-0.2, 0) is 4.79 Å². The highest BCUT2D eigenvalue weighted by Crippen LogP contribution is 2.31. The number of rotatable bonds is 3. The average Bonchev–Trinajstić information content (AvgIpc) is 3.27. The standard InChI is InChI=1S/C19H18N4O/c20-19-17(10-15(12-22-19)14-7-8-21-11-14)13-3-5-16(6-4-13)23-9-1-2-18(23)24/h3-8,10-12,21H,1-2,9H2,(H2,20,22). The summed E-state index contributed by atoms with van der Waals surface area (Å²) in [7, 11) is 0. The van der Waals surface area contributed by atoms with Crippen LogP contribution in [0, 0.1) is 0 Å². The summed E-state index contributed by atoms with van der Waals surface area (Å²) >= 11 is 0. The van der Waals surface area contributed by atoms with E-state index < -0.39 is 0 Å². The number of aromatic amines is 1. The topological polar surface area (TPSA) is 75.0 Å². The van der Waals surface area contributed by atoms with Gasteiger partial charge in [-0.1, -0.05) is 12.1 Å². The van der Waals surface area contributed by atoms with Gasteiger partial charge < -0.3 is 15.6 Å². The Morgan fingerprint density at radius 2 is 1.92 bits per heavy atom. The van der Waals surface area contributed by atoms with Gasteiger partial charge in [-0.3, -0.25) is 4.79 Å². The smallest absolute Gasteiger partial charge is 0.227 e. The number of pyridine rings is 1. The van der Waals surface area contributed by atoms with Gasteiger partial charge in [0.25, 0.3) is 0 Å². The van der Waals surface area contributed by atoms with E-state index in [9.17, 15) is 4.79 Å². The van der Waals surface area contributed by atoms with Crippen molar-refractivity contribution in [1.29, 1.82) is 0 Å². The Kier molecular flexibility index (Phi) is 3.54. The molecule has 2 aromatic heterocycles. The molecule has 120 valence electrons. The van der Waals surface area contributed by atoms with Crippen molar-refractivity contribution in [2.24, 2.45) is 0 Å². The average molecular weight is 318 g/mol. The molecular formula is C19H18N4O. The first-order valence-corrected chi connectivity index (χ1v) is 8.02. The van der Waals surface area contributed by atoms with E-state index in [4.69, 9.17) is 5.73 Å². The Morgan fingerprint density at radius 3 is 2.58 bits per heavy atom. The number of nitrogens with zero attached hydrogens (tertiary/aromatic N) is 2. The number of aromatic nitrogens is 2. The molecule has 1 aromatic carbocycles. The Labute approximate surface area is 140 Å². The lowest BCUT2D eigenvalue weighted by Gasteiger charge is -2.16. The maximum atomic E-state index is 11.9. The van der Waals surface area contributed by atoms with Gasteiger partial charge in [-0.15, -0.1) is 0 Å². The molecular weight excluding hydrogens is 300 g/mol. The number of H-pyrrole nitrogens is 1. The second-order valence-electron chi connectivity index (χ2n) is 5.95. The van der Waals surface area contributed by atoms with E-state index in [0.717, 1.165) is 40.9 Å². The molecule has 0 bridgehead atoms. The minimum atomic E-state index is 0.193. The van der Waals surface area contributed by atoms with Crippen LogP contribution in [0.25, 0.3) is 22.3 Å². The van der Waals surface area contributed by atoms with E-state index >= 15 is 0 Å². The lowest BCUT2D eigenvalue weighted by Crippen LogP contribution is -2.23. The SMILES string of the molecule is Nc1ncc(-c2cc[nH]c2)cc1-c1ccc(N2CCCC2=O)cc1. The third-order valence-corrected chi connectivity index (χ3v) is 4.41. The molecule has 1 amide bonds. The summed E-state index contributed by atoms with van der Waals surface area (Å²) in [5.41, 5.74) is 11.0. The minimum Gasteiger partial charge on any atom is -0.383 e. The molecule has 3 aromatic rings. The molecule has 0 spiro atoms. The zero-order chi connectivity index (χ0) is 16.5. The van der Waals surface area contributed by atoms with Crippen LogP contribution >= 0.6 is 0 Å². The second-order valence-corrected chi connectivity index (χ2v) is 5.95. The predicted octanol–water partition coefficient (Wildman–Crippen LogP) is 3.45. The van der Waals surface area contributed by atoms with Gasteiger partial charge in [0.2, 0.25) is 5.91 Å². The highest BCUT2D eigenvalue weighted by Gasteiger charge is 2.21. The maximum Gasteiger partial charge on any atom is 0.227 e. The van der Waals surface area contributed by atoms with Gasteiger partial charge in [0, 0.05) is 53.9 Å². The highest BCUT2D eigenvalue weighted by molar-refractivity contribution is 5.95. The number of anilines is 2. The van der Waals surface area contributed by atoms with Crippen molar-refractivity contribution in [3.8, 4) is 22.3 Å². The van der Waals surface area contributed by atoms with E-state index in [1.54, 1.807) is 6.20 Å². The summed E-state index contributed by atoms with van der Waals surface area (Å²) < 4.78 is 0. The first-order valence-electron chi connectivity index (χ1n) is 8.02. The van der Waals surface area contributed by atoms with E-state index in [1.807, 2.05) is 53.7 Å². The first-order chi connectivity index (χ1) is 11.7. The summed E-state index contributed by atoms with van der Waals surface area (Å²) in [4.78, 5) is 21.1. The van der Waals surface area contributed by atoms with Crippen LogP contribution in [0.1, 0.15) is 12.8 Å². The van der Waals surface area contributed by atoms with Crippen molar-refractivity contribution in [2.45, 2.75) is 12.8 Å². The monoisotopic (exact) mass is 318 g/mol. The third kappa shape index (κ3) is 2.54. The Morgan fingerprint density at radius 1 is 1.08 bits per heavy atom. The summed E-state index contributed by atoms with van der Waals surface area (Å²) in [6, 6.07) is 12.0. The van der Waals surface area contributed by atoms with Crippen LogP contribution in [0.3, 0.4) is 0 Å². The normalized spacial score (nSPS) is 14.3. The van der Waals surface area contributed by atoms with Crippen molar-refractivity contribution >= 4 is 17.4 Å². The minimum absolute atomic E-state index is 0.193. The maximum absolute atomic E-state index is 11.9. The molecule has 5 nitrogen and oxygen atoms in total. The molecule has 0 saturated carbocycles. The number of nitrogens with one attached hydrogen (secondary N) is 1. The molecule has 24 heavy (non-hydrogen) atoms. The van der Waals surface area contributed by atoms with Gasteiger partial charge in [0.1, 0.15) is 5.82 Å². The predicted molar refractivity (Wildman–Crippen MR) is 95.5 cm³/mol. The summed E-state index contributed by atoms with van der Waals surface area (Å²) in [5.74, 6) is 0.692. The molecule has 0 aliphatic carbocycles. The van der Waals surface area contributed by atoms with Crippen LogP contribution in [0.4, 0.5) is 11.5 Å². The molecule has 5 heteroatoms. The van der Waals surface area contributed by atoms with Gasteiger partial charge in [0.15, 0.2) is 0 Å². The van der Waals surface area contributed by atoms with Crippen molar-refractivity contribution in [3.63, 3.8) is 0 Å². The molecule has 3 N–H and O–H groups in total.